The third-order valence-electron chi connectivity index (χ3n) is 4.66. The molecule has 3 heteroatoms. The first-order valence-electron chi connectivity index (χ1n) is 7.67. The Labute approximate surface area is 112 Å². The maximum Gasteiger partial charge on any atom is 0.0623 e. The van der Waals surface area contributed by atoms with E-state index in [4.69, 9.17) is 0 Å². The van der Waals surface area contributed by atoms with Gasteiger partial charge in [0.15, 0.2) is 0 Å². The molecule has 1 aliphatic carbocycles. The molecular formula is C15H30N2O. The summed E-state index contributed by atoms with van der Waals surface area (Å²) in [5, 5.41) is 13.2. The van der Waals surface area contributed by atoms with Gasteiger partial charge < -0.3 is 10.4 Å². The minimum atomic E-state index is -0.152. The monoisotopic (exact) mass is 254 g/mol. The average Bonchev–Trinajstić information content (AvgIpc) is 2.72. The molecule has 1 heterocycles. The lowest BCUT2D eigenvalue weighted by Gasteiger charge is -2.39. The standard InChI is InChI=1S/C15H30N2O/c1-12(2)16-15(3,11-18)10-17-9-8-13-6-4-5-7-14(13)17/h12-14,16,18H,4-11H2,1-3H3. The molecule has 2 rings (SSSR count). The lowest BCUT2D eigenvalue weighted by Crippen LogP contribution is -2.57. The zero-order valence-corrected chi connectivity index (χ0v) is 12.3. The number of aliphatic hydroxyl groups is 1. The normalized spacial score (nSPS) is 32.5. The second-order valence-electron chi connectivity index (χ2n) is 6.89. The Bertz CT molecular complexity index is 269. The first-order chi connectivity index (χ1) is 8.54. The van der Waals surface area contributed by atoms with E-state index in [2.05, 4.69) is 31.0 Å². The summed E-state index contributed by atoms with van der Waals surface area (Å²) in [5.41, 5.74) is -0.152. The van der Waals surface area contributed by atoms with Crippen molar-refractivity contribution in [2.45, 2.75) is 70.5 Å². The molecule has 18 heavy (non-hydrogen) atoms. The summed E-state index contributed by atoms with van der Waals surface area (Å²) in [6, 6.07) is 1.21. The Morgan fingerprint density at radius 2 is 2.00 bits per heavy atom. The van der Waals surface area contributed by atoms with E-state index in [9.17, 15) is 5.11 Å². The molecule has 2 aliphatic rings. The van der Waals surface area contributed by atoms with Crippen LogP contribution in [0.2, 0.25) is 0 Å². The highest BCUT2D eigenvalue weighted by atomic mass is 16.3. The van der Waals surface area contributed by atoms with Crippen LogP contribution in [-0.2, 0) is 0 Å². The highest BCUT2D eigenvalue weighted by Crippen LogP contribution is 2.36. The summed E-state index contributed by atoms with van der Waals surface area (Å²) in [5.74, 6) is 0.931. The number of nitrogens with one attached hydrogen (secondary N) is 1. The largest absolute Gasteiger partial charge is 0.394 e. The van der Waals surface area contributed by atoms with Gasteiger partial charge in [-0.25, -0.2) is 0 Å². The fourth-order valence-corrected chi connectivity index (χ4v) is 3.99. The minimum absolute atomic E-state index is 0.152. The van der Waals surface area contributed by atoms with E-state index in [0.29, 0.717) is 6.04 Å². The number of aliphatic hydroxyl groups excluding tert-OH is 1. The van der Waals surface area contributed by atoms with Crippen LogP contribution in [-0.4, -0.2) is 47.3 Å². The molecule has 1 saturated heterocycles. The molecule has 0 aromatic rings. The van der Waals surface area contributed by atoms with E-state index >= 15 is 0 Å². The second-order valence-corrected chi connectivity index (χ2v) is 6.89. The van der Waals surface area contributed by atoms with Gasteiger partial charge >= 0.3 is 0 Å². The fraction of sp³-hybridized carbons (Fsp3) is 1.00. The molecule has 3 nitrogen and oxygen atoms in total. The van der Waals surface area contributed by atoms with Crippen molar-refractivity contribution in [3.63, 3.8) is 0 Å². The van der Waals surface area contributed by atoms with Gasteiger partial charge in [0.25, 0.3) is 0 Å². The topological polar surface area (TPSA) is 35.5 Å². The van der Waals surface area contributed by atoms with Gasteiger partial charge in [-0.2, -0.15) is 0 Å². The van der Waals surface area contributed by atoms with Gasteiger partial charge in [-0.15, -0.1) is 0 Å². The minimum Gasteiger partial charge on any atom is -0.394 e. The average molecular weight is 254 g/mol. The third kappa shape index (κ3) is 3.25. The van der Waals surface area contributed by atoms with E-state index in [1.54, 1.807) is 0 Å². The number of fused-ring (bicyclic) bond motifs is 1. The van der Waals surface area contributed by atoms with Crippen LogP contribution >= 0.6 is 0 Å². The first kappa shape index (κ1) is 14.3. The van der Waals surface area contributed by atoms with Gasteiger partial charge in [-0.1, -0.05) is 26.7 Å². The van der Waals surface area contributed by atoms with Crippen LogP contribution in [0.15, 0.2) is 0 Å². The van der Waals surface area contributed by atoms with Crippen molar-refractivity contribution < 1.29 is 5.11 Å². The van der Waals surface area contributed by atoms with Gasteiger partial charge in [0.2, 0.25) is 0 Å². The molecule has 3 atom stereocenters. The summed E-state index contributed by atoms with van der Waals surface area (Å²) < 4.78 is 0. The van der Waals surface area contributed by atoms with Crippen molar-refractivity contribution in [3.05, 3.63) is 0 Å². The zero-order valence-electron chi connectivity index (χ0n) is 12.3. The summed E-state index contributed by atoms with van der Waals surface area (Å²) in [7, 11) is 0. The smallest absolute Gasteiger partial charge is 0.0623 e. The molecule has 0 radical (unpaired) electrons. The van der Waals surface area contributed by atoms with Crippen LogP contribution in [0.4, 0.5) is 0 Å². The van der Waals surface area contributed by atoms with E-state index in [-0.39, 0.29) is 12.1 Å². The van der Waals surface area contributed by atoms with Crippen LogP contribution in [0.3, 0.4) is 0 Å². The molecule has 0 bridgehead atoms. The Morgan fingerprint density at radius 3 is 2.67 bits per heavy atom. The summed E-state index contributed by atoms with van der Waals surface area (Å²) in [6.07, 6.45) is 6.98. The molecule has 0 spiro atoms. The van der Waals surface area contributed by atoms with E-state index in [1.165, 1.54) is 38.6 Å². The van der Waals surface area contributed by atoms with Gasteiger partial charge in [0, 0.05) is 18.6 Å². The van der Waals surface area contributed by atoms with Gasteiger partial charge in [0.05, 0.1) is 12.1 Å². The quantitative estimate of drug-likeness (QED) is 0.788. The fourth-order valence-electron chi connectivity index (χ4n) is 3.99. The van der Waals surface area contributed by atoms with Gasteiger partial charge in [-0.05, 0) is 38.6 Å². The molecule has 0 amide bonds. The van der Waals surface area contributed by atoms with Crippen LogP contribution in [0.1, 0.15) is 52.9 Å². The Hall–Kier alpha value is -0.120. The van der Waals surface area contributed by atoms with Crippen molar-refractivity contribution in [1.29, 1.82) is 0 Å². The lowest BCUT2D eigenvalue weighted by atomic mass is 9.85. The maximum atomic E-state index is 9.70. The molecule has 106 valence electrons. The summed E-state index contributed by atoms with van der Waals surface area (Å²) >= 11 is 0. The molecule has 0 aromatic carbocycles. The van der Waals surface area contributed by atoms with E-state index < -0.39 is 0 Å². The zero-order chi connectivity index (χ0) is 13.2. The second kappa shape index (κ2) is 5.89. The van der Waals surface area contributed by atoms with Crippen molar-refractivity contribution in [1.82, 2.24) is 10.2 Å². The molecule has 2 N–H and O–H groups in total. The number of hydrogen-bond acceptors (Lipinski definition) is 3. The van der Waals surface area contributed by atoms with Crippen molar-refractivity contribution in [2.24, 2.45) is 5.92 Å². The van der Waals surface area contributed by atoms with Crippen molar-refractivity contribution in [2.75, 3.05) is 19.7 Å². The SMILES string of the molecule is CC(C)NC(C)(CO)CN1CCC2CCCCC21. The number of rotatable bonds is 5. The first-order valence-corrected chi connectivity index (χ1v) is 7.67. The summed E-state index contributed by atoms with van der Waals surface area (Å²) in [4.78, 5) is 2.63. The van der Waals surface area contributed by atoms with Crippen LogP contribution < -0.4 is 5.32 Å². The molecule has 1 saturated carbocycles. The van der Waals surface area contributed by atoms with Crippen LogP contribution in [0, 0.1) is 5.92 Å². The molecule has 3 unspecified atom stereocenters. The lowest BCUT2D eigenvalue weighted by molar-refractivity contribution is 0.0912. The van der Waals surface area contributed by atoms with Crippen molar-refractivity contribution >= 4 is 0 Å². The number of nitrogens with zero attached hydrogens (tertiary/aromatic N) is 1. The van der Waals surface area contributed by atoms with E-state index in [0.717, 1.165) is 18.5 Å². The van der Waals surface area contributed by atoms with Gasteiger partial charge in [0.1, 0.15) is 0 Å². The van der Waals surface area contributed by atoms with Crippen molar-refractivity contribution in [3.8, 4) is 0 Å². The third-order valence-corrected chi connectivity index (χ3v) is 4.66. The Kier molecular flexibility index (Phi) is 4.68. The molecular weight excluding hydrogens is 224 g/mol. The van der Waals surface area contributed by atoms with Gasteiger partial charge in [-0.3, -0.25) is 4.90 Å². The Morgan fingerprint density at radius 1 is 1.28 bits per heavy atom. The summed E-state index contributed by atoms with van der Waals surface area (Å²) in [6.45, 7) is 8.90. The van der Waals surface area contributed by atoms with Crippen LogP contribution in [0.5, 0.6) is 0 Å². The molecule has 0 aromatic heterocycles. The highest BCUT2D eigenvalue weighted by molar-refractivity contribution is 4.95. The Balaban J connectivity index is 1.95. The molecule has 1 aliphatic heterocycles. The van der Waals surface area contributed by atoms with Crippen LogP contribution in [0.25, 0.3) is 0 Å². The number of hydrogen-bond donors (Lipinski definition) is 2. The molecule has 2 fully saturated rings. The van der Waals surface area contributed by atoms with E-state index in [1.807, 2.05) is 0 Å². The predicted molar refractivity (Wildman–Crippen MR) is 75.7 cm³/mol. The maximum absolute atomic E-state index is 9.70. The highest BCUT2D eigenvalue weighted by Gasteiger charge is 2.38. The number of likely N-dealkylation sites (tertiary alicyclic amines) is 1. The predicted octanol–water partition coefficient (Wildman–Crippen LogP) is 2.00.